The summed E-state index contributed by atoms with van der Waals surface area (Å²) >= 11 is 0. The summed E-state index contributed by atoms with van der Waals surface area (Å²) < 4.78 is 0. The van der Waals surface area contributed by atoms with Gasteiger partial charge in [-0.2, -0.15) is 0 Å². The highest BCUT2D eigenvalue weighted by Gasteiger charge is 2.20. The average Bonchev–Trinajstić information content (AvgIpc) is 2.34. The smallest absolute Gasteiger partial charge is 0.0239 e. The largest absolute Gasteiger partial charge is 0.330 e. The molecule has 0 aliphatic rings. The van der Waals surface area contributed by atoms with Crippen molar-refractivity contribution < 1.29 is 0 Å². The SMILES string of the molecule is CCCN(Cc1c(C)cccc1C)CC(C)(C)CN. The third-order valence-electron chi connectivity index (χ3n) is 3.77. The molecule has 0 atom stereocenters. The van der Waals surface area contributed by atoms with Crippen LogP contribution in [0.4, 0.5) is 0 Å². The molecular formula is C17H30N2. The maximum atomic E-state index is 5.88. The summed E-state index contributed by atoms with van der Waals surface area (Å²) in [6.07, 6.45) is 1.19. The summed E-state index contributed by atoms with van der Waals surface area (Å²) in [5, 5.41) is 0. The van der Waals surface area contributed by atoms with Crippen LogP contribution in [0.25, 0.3) is 0 Å². The topological polar surface area (TPSA) is 29.3 Å². The van der Waals surface area contributed by atoms with Gasteiger partial charge in [-0.3, -0.25) is 4.90 Å². The van der Waals surface area contributed by atoms with Crippen molar-refractivity contribution in [1.82, 2.24) is 4.90 Å². The van der Waals surface area contributed by atoms with Gasteiger partial charge in [0, 0.05) is 13.1 Å². The molecule has 2 N–H and O–H groups in total. The van der Waals surface area contributed by atoms with Gasteiger partial charge in [-0.05, 0) is 55.5 Å². The molecule has 2 nitrogen and oxygen atoms in total. The third-order valence-corrected chi connectivity index (χ3v) is 3.77. The molecule has 0 heterocycles. The maximum absolute atomic E-state index is 5.88. The summed E-state index contributed by atoms with van der Waals surface area (Å²) in [6.45, 7) is 15.1. The highest BCUT2D eigenvalue weighted by molar-refractivity contribution is 5.33. The fourth-order valence-corrected chi connectivity index (χ4v) is 2.52. The lowest BCUT2D eigenvalue weighted by molar-refractivity contribution is 0.175. The minimum Gasteiger partial charge on any atom is -0.330 e. The Bertz CT molecular complexity index is 376. The van der Waals surface area contributed by atoms with Gasteiger partial charge < -0.3 is 5.73 Å². The van der Waals surface area contributed by atoms with Crippen LogP contribution < -0.4 is 5.73 Å². The Balaban J connectivity index is 2.84. The second-order valence-corrected chi connectivity index (χ2v) is 6.45. The fraction of sp³-hybridized carbons (Fsp3) is 0.647. The lowest BCUT2D eigenvalue weighted by atomic mass is 9.92. The summed E-state index contributed by atoms with van der Waals surface area (Å²) in [5.74, 6) is 0. The number of hydrogen-bond donors (Lipinski definition) is 1. The van der Waals surface area contributed by atoms with Crippen LogP contribution in [-0.2, 0) is 6.54 Å². The molecule has 19 heavy (non-hydrogen) atoms. The molecule has 1 aromatic rings. The van der Waals surface area contributed by atoms with Crippen molar-refractivity contribution in [3.63, 3.8) is 0 Å². The first-order valence-corrected chi connectivity index (χ1v) is 7.37. The molecule has 0 bridgehead atoms. The fourth-order valence-electron chi connectivity index (χ4n) is 2.52. The van der Waals surface area contributed by atoms with Crippen LogP contribution in [0, 0.1) is 19.3 Å². The van der Waals surface area contributed by atoms with Crippen molar-refractivity contribution in [2.75, 3.05) is 19.6 Å². The van der Waals surface area contributed by atoms with Gasteiger partial charge in [-0.15, -0.1) is 0 Å². The number of nitrogens with two attached hydrogens (primary N) is 1. The molecule has 0 aliphatic heterocycles. The van der Waals surface area contributed by atoms with Crippen molar-refractivity contribution >= 4 is 0 Å². The van der Waals surface area contributed by atoms with Crippen LogP contribution in [0.2, 0.25) is 0 Å². The first kappa shape index (κ1) is 16.2. The highest BCUT2D eigenvalue weighted by Crippen LogP contribution is 2.20. The van der Waals surface area contributed by atoms with Gasteiger partial charge >= 0.3 is 0 Å². The van der Waals surface area contributed by atoms with Crippen LogP contribution in [0.1, 0.15) is 43.9 Å². The standard InChI is InChI=1S/C17H30N2/c1-6-10-19(13-17(4,5)12-18)11-16-14(2)8-7-9-15(16)3/h7-9H,6,10-13,18H2,1-5H3. The van der Waals surface area contributed by atoms with E-state index in [0.29, 0.717) is 0 Å². The second-order valence-electron chi connectivity index (χ2n) is 6.45. The minimum absolute atomic E-state index is 0.186. The second kappa shape index (κ2) is 7.06. The molecule has 0 saturated carbocycles. The van der Waals surface area contributed by atoms with E-state index >= 15 is 0 Å². The van der Waals surface area contributed by atoms with Gasteiger partial charge in [0.1, 0.15) is 0 Å². The minimum atomic E-state index is 0.186. The van der Waals surface area contributed by atoms with Crippen LogP contribution in [-0.4, -0.2) is 24.5 Å². The summed E-state index contributed by atoms with van der Waals surface area (Å²) in [5.41, 5.74) is 10.3. The van der Waals surface area contributed by atoms with Gasteiger partial charge in [0.2, 0.25) is 0 Å². The van der Waals surface area contributed by atoms with E-state index in [9.17, 15) is 0 Å². The summed E-state index contributed by atoms with van der Waals surface area (Å²) in [6, 6.07) is 6.56. The van der Waals surface area contributed by atoms with E-state index in [-0.39, 0.29) is 5.41 Å². The number of benzene rings is 1. The predicted octanol–water partition coefficient (Wildman–Crippen LogP) is 3.50. The van der Waals surface area contributed by atoms with Gasteiger partial charge in [0.25, 0.3) is 0 Å². The van der Waals surface area contributed by atoms with Crippen LogP contribution in [0.15, 0.2) is 18.2 Å². The molecule has 0 aromatic heterocycles. The van der Waals surface area contributed by atoms with Crippen LogP contribution in [0.5, 0.6) is 0 Å². The zero-order valence-corrected chi connectivity index (χ0v) is 13.3. The van der Waals surface area contributed by atoms with E-state index in [1.54, 1.807) is 0 Å². The Kier molecular flexibility index (Phi) is 6.02. The molecule has 0 aliphatic carbocycles. The molecule has 2 heteroatoms. The third kappa shape index (κ3) is 4.96. The van der Waals surface area contributed by atoms with Crippen molar-refractivity contribution in [1.29, 1.82) is 0 Å². The van der Waals surface area contributed by atoms with E-state index in [1.165, 1.54) is 23.1 Å². The lowest BCUT2D eigenvalue weighted by Crippen LogP contribution is -2.39. The van der Waals surface area contributed by atoms with Crippen molar-refractivity contribution in [3.8, 4) is 0 Å². The maximum Gasteiger partial charge on any atom is 0.0239 e. The normalized spacial score (nSPS) is 12.2. The zero-order valence-electron chi connectivity index (χ0n) is 13.3. The Morgan fingerprint density at radius 1 is 1.16 bits per heavy atom. The van der Waals surface area contributed by atoms with E-state index in [4.69, 9.17) is 5.73 Å². The van der Waals surface area contributed by atoms with E-state index < -0.39 is 0 Å². The average molecular weight is 262 g/mol. The zero-order chi connectivity index (χ0) is 14.5. The molecular weight excluding hydrogens is 232 g/mol. The van der Waals surface area contributed by atoms with Crippen LogP contribution in [0.3, 0.4) is 0 Å². The number of hydrogen-bond acceptors (Lipinski definition) is 2. The Labute approximate surface area is 119 Å². The van der Waals surface area contributed by atoms with Gasteiger partial charge in [0.15, 0.2) is 0 Å². The van der Waals surface area contributed by atoms with Gasteiger partial charge in [-0.25, -0.2) is 0 Å². The molecule has 0 fully saturated rings. The van der Waals surface area contributed by atoms with Crippen LogP contribution >= 0.6 is 0 Å². The van der Waals surface area contributed by atoms with Gasteiger partial charge in [-0.1, -0.05) is 39.0 Å². The first-order chi connectivity index (χ1) is 8.89. The predicted molar refractivity (Wildman–Crippen MR) is 84.3 cm³/mol. The number of aryl methyl sites for hydroxylation is 2. The molecule has 0 radical (unpaired) electrons. The number of rotatable bonds is 7. The molecule has 1 rings (SSSR count). The van der Waals surface area contributed by atoms with Crippen molar-refractivity contribution in [3.05, 3.63) is 34.9 Å². The highest BCUT2D eigenvalue weighted by atomic mass is 15.1. The van der Waals surface area contributed by atoms with Crippen molar-refractivity contribution in [2.24, 2.45) is 11.1 Å². The Hall–Kier alpha value is -0.860. The van der Waals surface area contributed by atoms with Gasteiger partial charge in [0.05, 0.1) is 0 Å². The van der Waals surface area contributed by atoms with E-state index in [2.05, 4.69) is 57.7 Å². The first-order valence-electron chi connectivity index (χ1n) is 7.37. The molecule has 0 unspecified atom stereocenters. The van der Waals surface area contributed by atoms with E-state index in [0.717, 1.165) is 26.2 Å². The molecule has 108 valence electrons. The molecule has 0 spiro atoms. The monoisotopic (exact) mass is 262 g/mol. The Morgan fingerprint density at radius 2 is 1.74 bits per heavy atom. The molecule has 0 saturated heterocycles. The summed E-state index contributed by atoms with van der Waals surface area (Å²) in [4.78, 5) is 2.54. The Morgan fingerprint density at radius 3 is 2.21 bits per heavy atom. The van der Waals surface area contributed by atoms with Crippen molar-refractivity contribution in [2.45, 2.75) is 47.6 Å². The number of nitrogens with zero attached hydrogens (tertiary/aromatic N) is 1. The quantitative estimate of drug-likeness (QED) is 0.815. The molecule has 1 aromatic carbocycles. The summed E-state index contributed by atoms with van der Waals surface area (Å²) in [7, 11) is 0. The lowest BCUT2D eigenvalue weighted by Gasteiger charge is -2.32. The molecule has 0 amide bonds. The van der Waals surface area contributed by atoms with E-state index in [1.807, 2.05) is 0 Å².